The summed E-state index contributed by atoms with van der Waals surface area (Å²) in [5.41, 5.74) is 0. The van der Waals surface area contributed by atoms with Crippen LogP contribution in [0.15, 0.2) is 0 Å². The van der Waals surface area contributed by atoms with Crippen LogP contribution in [0.25, 0.3) is 0 Å². The van der Waals surface area contributed by atoms with Crippen LogP contribution in [0.2, 0.25) is 0 Å². The summed E-state index contributed by atoms with van der Waals surface area (Å²) >= 11 is 0. The summed E-state index contributed by atoms with van der Waals surface area (Å²) in [4.78, 5) is 33.5. The van der Waals surface area contributed by atoms with Crippen molar-refractivity contribution in [2.75, 3.05) is 13.2 Å². The lowest BCUT2D eigenvalue weighted by Crippen LogP contribution is -2.41. The fourth-order valence-corrected chi connectivity index (χ4v) is 1.23. The van der Waals surface area contributed by atoms with Gasteiger partial charge in [0.2, 0.25) is 5.91 Å². The van der Waals surface area contributed by atoms with E-state index in [-0.39, 0.29) is 25.4 Å². The summed E-state index contributed by atoms with van der Waals surface area (Å²) in [5.74, 6) is -1.27. The van der Waals surface area contributed by atoms with Crippen molar-refractivity contribution in [3.05, 3.63) is 0 Å². The van der Waals surface area contributed by atoms with E-state index in [0.29, 0.717) is 6.61 Å². The Kier molecular flexibility index (Phi) is 7.75. The van der Waals surface area contributed by atoms with Gasteiger partial charge in [-0.2, -0.15) is 0 Å². The first kappa shape index (κ1) is 15.4. The Morgan fingerprint density at radius 3 is 2.18 bits per heavy atom. The quantitative estimate of drug-likeness (QED) is 0.656. The van der Waals surface area contributed by atoms with Gasteiger partial charge >= 0.3 is 11.9 Å². The minimum atomic E-state index is -0.795. The van der Waals surface area contributed by atoms with E-state index >= 15 is 0 Å². The monoisotopic (exact) mass is 245 g/mol. The van der Waals surface area contributed by atoms with Crippen LogP contribution in [0.5, 0.6) is 0 Å². The first-order valence-electron chi connectivity index (χ1n) is 5.60. The van der Waals surface area contributed by atoms with Crippen LogP contribution in [0, 0.1) is 0 Å². The van der Waals surface area contributed by atoms with Crippen molar-refractivity contribution in [1.82, 2.24) is 5.32 Å². The van der Waals surface area contributed by atoms with Gasteiger partial charge < -0.3 is 14.8 Å². The van der Waals surface area contributed by atoms with Gasteiger partial charge in [0.15, 0.2) is 0 Å². The molecule has 0 heterocycles. The minimum absolute atomic E-state index is 0.0671. The van der Waals surface area contributed by atoms with Crippen molar-refractivity contribution >= 4 is 17.8 Å². The molecule has 0 aliphatic rings. The summed E-state index contributed by atoms with van der Waals surface area (Å²) in [6.07, 6.45) is 0.245. The Morgan fingerprint density at radius 2 is 1.71 bits per heavy atom. The number of amides is 1. The fraction of sp³-hybridized carbons (Fsp3) is 0.727. The van der Waals surface area contributed by atoms with E-state index < -0.39 is 18.0 Å². The molecular formula is C11H19NO5. The van der Waals surface area contributed by atoms with Crippen molar-refractivity contribution in [2.24, 2.45) is 0 Å². The topological polar surface area (TPSA) is 81.7 Å². The van der Waals surface area contributed by atoms with Crippen LogP contribution < -0.4 is 5.32 Å². The molecule has 98 valence electrons. The molecule has 0 saturated carbocycles. The SMILES string of the molecule is CCOC(=O)CCC(NC(C)=O)C(=O)OCC. The molecule has 1 N–H and O–H groups in total. The third-order valence-corrected chi connectivity index (χ3v) is 1.89. The Hall–Kier alpha value is -1.59. The Labute approximate surface area is 101 Å². The van der Waals surface area contributed by atoms with E-state index in [1.807, 2.05) is 0 Å². The molecule has 0 aliphatic heterocycles. The van der Waals surface area contributed by atoms with E-state index in [1.54, 1.807) is 13.8 Å². The molecule has 1 atom stereocenters. The number of hydrogen-bond donors (Lipinski definition) is 1. The first-order chi connectivity index (χ1) is 8.01. The second-order valence-corrected chi connectivity index (χ2v) is 3.35. The minimum Gasteiger partial charge on any atom is -0.466 e. The molecule has 0 aliphatic carbocycles. The van der Waals surface area contributed by atoms with E-state index in [0.717, 1.165) is 0 Å². The number of rotatable bonds is 7. The normalized spacial score (nSPS) is 11.5. The van der Waals surface area contributed by atoms with Gasteiger partial charge in [0.1, 0.15) is 6.04 Å². The third kappa shape index (κ3) is 7.32. The van der Waals surface area contributed by atoms with Gasteiger partial charge in [0.25, 0.3) is 0 Å². The second kappa shape index (κ2) is 8.55. The second-order valence-electron chi connectivity index (χ2n) is 3.35. The van der Waals surface area contributed by atoms with Crippen LogP contribution in [-0.2, 0) is 23.9 Å². The Bertz CT molecular complexity index is 277. The molecule has 6 nitrogen and oxygen atoms in total. The number of esters is 2. The predicted molar refractivity (Wildman–Crippen MR) is 60.1 cm³/mol. The Balaban J connectivity index is 4.23. The highest BCUT2D eigenvalue weighted by Crippen LogP contribution is 2.02. The molecule has 0 saturated heterocycles. The predicted octanol–water partition coefficient (Wildman–Crippen LogP) is 0.397. The van der Waals surface area contributed by atoms with Crippen LogP contribution in [-0.4, -0.2) is 37.1 Å². The summed E-state index contributed by atoms with van der Waals surface area (Å²) in [7, 11) is 0. The molecule has 0 spiro atoms. The zero-order valence-electron chi connectivity index (χ0n) is 10.4. The molecule has 0 aromatic carbocycles. The standard InChI is InChI=1S/C11H19NO5/c1-4-16-10(14)7-6-9(12-8(3)13)11(15)17-5-2/h9H,4-7H2,1-3H3,(H,12,13). The average molecular weight is 245 g/mol. The highest BCUT2D eigenvalue weighted by Gasteiger charge is 2.21. The van der Waals surface area contributed by atoms with E-state index in [4.69, 9.17) is 9.47 Å². The molecule has 6 heteroatoms. The molecule has 1 amide bonds. The highest BCUT2D eigenvalue weighted by atomic mass is 16.5. The molecule has 0 aromatic rings. The van der Waals surface area contributed by atoms with Gasteiger partial charge in [-0.15, -0.1) is 0 Å². The van der Waals surface area contributed by atoms with Crippen molar-refractivity contribution < 1.29 is 23.9 Å². The lowest BCUT2D eigenvalue weighted by molar-refractivity contribution is -0.148. The van der Waals surface area contributed by atoms with Crippen molar-refractivity contribution in [3.8, 4) is 0 Å². The average Bonchev–Trinajstić information content (AvgIpc) is 2.24. The van der Waals surface area contributed by atoms with Gasteiger partial charge in [-0.1, -0.05) is 0 Å². The molecule has 0 aromatic heterocycles. The van der Waals surface area contributed by atoms with Gasteiger partial charge in [-0.25, -0.2) is 4.79 Å². The molecule has 0 rings (SSSR count). The number of ether oxygens (including phenoxy) is 2. The van der Waals surface area contributed by atoms with Crippen LogP contribution in [0.3, 0.4) is 0 Å². The zero-order chi connectivity index (χ0) is 13.3. The number of hydrogen-bond acceptors (Lipinski definition) is 5. The van der Waals surface area contributed by atoms with Gasteiger partial charge in [0, 0.05) is 13.3 Å². The molecule has 17 heavy (non-hydrogen) atoms. The lowest BCUT2D eigenvalue weighted by atomic mass is 10.1. The molecule has 0 fully saturated rings. The maximum atomic E-state index is 11.5. The number of carbonyl (C=O) groups excluding carboxylic acids is 3. The maximum Gasteiger partial charge on any atom is 0.328 e. The number of nitrogens with one attached hydrogen (secondary N) is 1. The lowest BCUT2D eigenvalue weighted by Gasteiger charge is -2.15. The summed E-state index contributed by atoms with van der Waals surface area (Å²) in [6.45, 7) is 5.20. The van der Waals surface area contributed by atoms with Crippen LogP contribution in [0.1, 0.15) is 33.6 Å². The van der Waals surface area contributed by atoms with Crippen LogP contribution >= 0.6 is 0 Å². The van der Waals surface area contributed by atoms with Gasteiger partial charge in [-0.3, -0.25) is 9.59 Å². The van der Waals surface area contributed by atoms with E-state index in [9.17, 15) is 14.4 Å². The Morgan fingerprint density at radius 1 is 1.12 bits per heavy atom. The third-order valence-electron chi connectivity index (χ3n) is 1.89. The van der Waals surface area contributed by atoms with Crippen molar-refractivity contribution in [1.29, 1.82) is 0 Å². The van der Waals surface area contributed by atoms with Crippen LogP contribution in [0.4, 0.5) is 0 Å². The van der Waals surface area contributed by atoms with Gasteiger partial charge in [-0.05, 0) is 20.3 Å². The first-order valence-corrected chi connectivity index (χ1v) is 5.60. The largest absolute Gasteiger partial charge is 0.466 e. The highest BCUT2D eigenvalue weighted by molar-refractivity contribution is 5.83. The maximum absolute atomic E-state index is 11.5. The summed E-state index contributed by atoms with van der Waals surface area (Å²) < 4.78 is 9.52. The van der Waals surface area contributed by atoms with Crippen molar-refractivity contribution in [3.63, 3.8) is 0 Å². The summed E-state index contributed by atoms with van der Waals surface area (Å²) in [6, 6.07) is -0.795. The van der Waals surface area contributed by atoms with Gasteiger partial charge in [0.05, 0.1) is 13.2 Å². The molecule has 0 bridgehead atoms. The molecule has 1 unspecified atom stereocenters. The van der Waals surface area contributed by atoms with E-state index in [1.165, 1.54) is 6.92 Å². The fourth-order valence-electron chi connectivity index (χ4n) is 1.23. The smallest absolute Gasteiger partial charge is 0.328 e. The molecular weight excluding hydrogens is 226 g/mol. The van der Waals surface area contributed by atoms with E-state index in [2.05, 4.69) is 5.32 Å². The zero-order valence-corrected chi connectivity index (χ0v) is 10.4. The summed E-state index contributed by atoms with van der Waals surface area (Å²) in [5, 5.41) is 2.44. The number of carbonyl (C=O) groups is 3. The molecule has 0 radical (unpaired) electrons. The van der Waals surface area contributed by atoms with Crippen molar-refractivity contribution in [2.45, 2.75) is 39.7 Å².